The zero-order chi connectivity index (χ0) is 24.6. The van der Waals surface area contributed by atoms with Crippen LogP contribution in [0.5, 0.6) is 0 Å². The van der Waals surface area contributed by atoms with Crippen LogP contribution < -0.4 is 10.6 Å². The first-order valence-corrected chi connectivity index (χ1v) is 11.4. The van der Waals surface area contributed by atoms with Gasteiger partial charge in [-0.25, -0.2) is 14.4 Å². The molecule has 0 aliphatic carbocycles. The number of methoxy groups -OCH3 is 2. The maximum absolute atomic E-state index is 12.8. The molecule has 0 aromatic heterocycles. The maximum Gasteiger partial charge on any atom is 0.408 e. The number of carbonyl (C=O) groups excluding carboxylic acids is 4. The molecule has 0 saturated heterocycles. The number of alkyl carbamates (subject to hydrolysis) is 1. The van der Waals surface area contributed by atoms with E-state index in [9.17, 15) is 19.2 Å². The minimum atomic E-state index is -1.17. The summed E-state index contributed by atoms with van der Waals surface area (Å²) in [4.78, 5) is 48.8. The van der Waals surface area contributed by atoms with E-state index in [1.54, 1.807) is 18.2 Å². The standard InChI is InChI=1S/C22H29N3O7S/c1-4-5-11-16(25-22(29)32-13-15-9-7-6-8-10-15)19(26)24-17(20(27)30-2)14-33-18(12-23)21(28)31-3/h6-10,16-18H,4-5,11,13-14H2,1-3H3,(H,24,26)(H,25,29)/t16-,17-,18?/m0/s1. The van der Waals surface area contributed by atoms with Gasteiger partial charge in [-0.3, -0.25) is 4.79 Å². The van der Waals surface area contributed by atoms with Gasteiger partial charge in [-0.05, 0) is 12.0 Å². The van der Waals surface area contributed by atoms with Gasteiger partial charge in [0.1, 0.15) is 18.7 Å². The van der Waals surface area contributed by atoms with Crippen LogP contribution in [-0.2, 0) is 35.2 Å². The number of nitriles is 1. The molecule has 0 bridgehead atoms. The fourth-order valence-corrected chi connectivity index (χ4v) is 3.54. The highest BCUT2D eigenvalue weighted by Gasteiger charge is 2.29. The molecule has 0 saturated carbocycles. The lowest BCUT2D eigenvalue weighted by Crippen LogP contribution is -2.52. The lowest BCUT2D eigenvalue weighted by atomic mass is 10.1. The van der Waals surface area contributed by atoms with E-state index in [4.69, 9.17) is 14.7 Å². The van der Waals surface area contributed by atoms with Crippen LogP contribution in [-0.4, -0.2) is 61.2 Å². The first-order valence-electron chi connectivity index (χ1n) is 10.3. The fourth-order valence-electron chi connectivity index (χ4n) is 2.62. The van der Waals surface area contributed by atoms with E-state index < -0.39 is 41.3 Å². The van der Waals surface area contributed by atoms with Gasteiger partial charge in [0.25, 0.3) is 0 Å². The number of amides is 2. The molecule has 0 radical (unpaired) electrons. The molecule has 11 heteroatoms. The first-order chi connectivity index (χ1) is 15.9. The van der Waals surface area contributed by atoms with Gasteiger partial charge in [0, 0.05) is 5.75 Å². The van der Waals surface area contributed by atoms with E-state index in [1.165, 1.54) is 0 Å². The molecule has 3 atom stereocenters. The number of ether oxygens (including phenoxy) is 3. The summed E-state index contributed by atoms with van der Waals surface area (Å²) in [7, 11) is 2.30. The van der Waals surface area contributed by atoms with Crippen LogP contribution in [0.3, 0.4) is 0 Å². The third-order valence-electron chi connectivity index (χ3n) is 4.43. The Morgan fingerprint density at radius 2 is 1.70 bits per heavy atom. The molecular weight excluding hydrogens is 450 g/mol. The van der Waals surface area contributed by atoms with Gasteiger partial charge in [0.15, 0.2) is 5.25 Å². The summed E-state index contributed by atoms with van der Waals surface area (Å²) in [5.41, 5.74) is 0.794. The van der Waals surface area contributed by atoms with E-state index in [1.807, 2.05) is 25.1 Å². The number of unbranched alkanes of at least 4 members (excludes halogenated alkanes) is 1. The number of hydrogen-bond donors (Lipinski definition) is 2. The van der Waals surface area contributed by atoms with E-state index in [-0.39, 0.29) is 12.4 Å². The summed E-state index contributed by atoms with van der Waals surface area (Å²) in [5.74, 6) is -2.23. The summed E-state index contributed by atoms with van der Waals surface area (Å²) in [6, 6.07) is 8.76. The average Bonchev–Trinajstić information content (AvgIpc) is 2.84. The van der Waals surface area contributed by atoms with Gasteiger partial charge >= 0.3 is 18.0 Å². The van der Waals surface area contributed by atoms with Crippen LogP contribution in [0.4, 0.5) is 4.79 Å². The highest BCUT2D eigenvalue weighted by Crippen LogP contribution is 2.14. The topological polar surface area (TPSA) is 144 Å². The Kier molecular flexibility index (Phi) is 13.1. The molecule has 0 heterocycles. The molecule has 2 amide bonds. The Morgan fingerprint density at radius 1 is 1.03 bits per heavy atom. The van der Waals surface area contributed by atoms with Crippen LogP contribution in [0.2, 0.25) is 0 Å². The number of hydrogen-bond acceptors (Lipinski definition) is 9. The van der Waals surface area contributed by atoms with Crippen LogP contribution >= 0.6 is 11.8 Å². The molecular formula is C22H29N3O7S. The van der Waals surface area contributed by atoms with Gasteiger partial charge in [-0.2, -0.15) is 5.26 Å². The average molecular weight is 480 g/mol. The Labute approximate surface area is 197 Å². The first kappa shape index (κ1) is 27.8. The zero-order valence-corrected chi connectivity index (χ0v) is 19.7. The molecule has 0 fully saturated rings. The molecule has 1 unspecified atom stereocenters. The zero-order valence-electron chi connectivity index (χ0n) is 18.9. The van der Waals surface area contributed by atoms with Crippen molar-refractivity contribution in [3.8, 4) is 6.07 Å². The van der Waals surface area contributed by atoms with Crippen molar-refractivity contribution >= 4 is 35.7 Å². The van der Waals surface area contributed by atoms with Crippen molar-refractivity contribution in [1.82, 2.24) is 10.6 Å². The summed E-state index contributed by atoms with van der Waals surface area (Å²) in [6.07, 6.45) is 0.985. The number of thioether (sulfide) groups is 1. The second kappa shape index (κ2) is 15.5. The van der Waals surface area contributed by atoms with Crippen molar-refractivity contribution < 1.29 is 33.4 Å². The molecule has 1 aromatic carbocycles. The smallest absolute Gasteiger partial charge is 0.408 e. The van der Waals surface area contributed by atoms with Gasteiger partial charge in [0.2, 0.25) is 5.91 Å². The Balaban J connectivity index is 2.78. The van der Waals surface area contributed by atoms with Crippen LogP contribution in [0.1, 0.15) is 31.7 Å². The highest BCUT2D eigenvalue weighted by atomic mass is 32.2. The van der Waals surface area contributed by atoms with Crippen LogP contribution in [0.25, 0.3) is 0 Å². The van der Waals surface area contributed by atoms with Crippen LogP contribution in [0, 0.1) is 11.3 Å². The van der Waals surface area contributed by atoms with Gasteiger partial charge in [0.05, 0.1) is 20.3 Å². The number of nitrogens with one attached hydrogen (secondary N) is 2. The summed E-state index contributed by atoms with van der Waals surface area (Å²) in [5, 5.41) is 13.0. The van der Waals surface area contributed by atoms with E-state index in [0.717, 1.165) is 38.0 Å². The Hall–Kier alpha value is -3.26. The molecule has 0 spiro atoms. The monoisotopic (exact) mass is 479 g/mol. The van der Waals surface area contributed by atoms with E-state index >= 15 is 0 Å². The predicted octanol–water partition coefficient (Wildman–Crippen LogP) is 1.93. The number of carbonyl (C=O) groups is 4. The highest BCUT2D eigenvalue weighted by molar-refractivity contribution is 8.00. The van der Waals surface area contributed by atoms with Crippen molar-refractivity contribution in [2.24, 2.45) is 0 Å². The molecule has 1 aromatic rings. The minimum absolute atomic E-state index is 0.0410. The molecule has 180 valence electrons. The number of esters is 2. The van der Waals surface area contributed by atoms with Gasteiger partial charge < -0.3 is 24.8 Å². The summed E-state index contributed by atoms with van der Waals surface area (Å²) in [6.45, 7) is 1.98. The lowest BCUT2D eigenvalue weighted by molar-refractivity contribution is -0.144. The quantitative estimate of drug-likeness (QED) is 0.320. The van der Waals surface area contributed by atoms with Gasteiger partial charge in [-0.1, -0.05) is 50.1 Å². The van der Waals surface area contributed by atoms with E-state index in [2.05, 4.69) is 15.4 Å². The largest absolute Gasteiger partial charge is 0.467 e. The van der Waals surface area contributed by atoms with Crippen molar-refractivity contribution in [2.45, 2.75) is 50.1 Å². The molecule has 1 rings (SSSR count). The molecule has 33 heavy (non-hydrogen) atoms. The summed E-state index contributed by atoms with van der Waals surface area (Å²) >= 11 is 0.834. The third-order valence-corrected chi connectivity index (χ3v) is 5.59. The molecule has 0 aliphatic rings. The second-order valence-corrected chi connectivity index (χ2v) is 7.99. The Bertz CT molecular complexity index is 829. The van der Waals surface area contributed by atoms with Crippen molar-refractivity contribution in [3.05, 3.63) is 35.9 Å². The maximum atomic E-state index is 12.8. The molecule has 0 aliphatic heterocycles. The minimum Gasteiger partial charge on any atom is -0.467 e. The Morgan fingerprint density at radius 3 is 2.27 bits per heavy atom. The molecule has 2 N–H and O–H groups in total. The predicted molar refractivity (Wildman–Crippen MR) is 121 cm³/mol. The van der Waals surface area contributed by atoms with E-state index in [0.29, 0.717) is 12.8 Å². The fraction of sp³-hybridized carbons (Fsp3) is 0.500. The molecule has 10 nitrogen and oxygen atoms in total. The number of rotatable bonds is 13. The normalized spacial score (nSPS) is 12.9. The van der Waals surface area contributed by atoms with Crippen molar-refractivity contribution in [1.29, 1.82) is 5.26 Å². The van der Waals surface area contributed by atoms with Crippen LogP contribution in [0.15, 0.2) is 30.3 Å². The van der Waals surface area contributed by atoms with Crippen molar-refractivity contribution in [2.75, 3.05) is 20.0 Å². The number of benzene rings is 1. The summed E-state index contributed by atoms with van der Waals surface area (Å²) < 4.78 is 14.4. The van der Waals surface area contributed by atoms with Gasteiger partial charge in [-0.15, -0.1) is 11.8 Å². The number of nitrogens with zero attached hydrogens (tertiary/aromatic N) is 1. The lowest BCUT2D eigenvalue weighted by Gasteiger charge is -2.22. The second-order valence-electron chi connectivity index (χ2n) is 6.85. The van der Waals surface area contributed by atoms with Crippen molar-refractivity contribution in [3.63, 3.8) is 0 Å². The third kappa shape index (κ3) is 10.3. The SMILES string of the molecule is CCCC[C@H](NC(=O)OCc1ccccc1)C(=O)N[C@@H](CSC(C#N)C(=O)OC)C(=O)OC.